The second-order valence-electron chi connectivity index (χ2n) is 4.18. The quantitative estimate of drug-likeness (QED) is 0.807. The number of aromatic nitrogens is 3. The van der Waals surface area contributed by atoms with E-state index in [-0.39, 0.29) is 0 Å². The van der Waals surface area contributed by atoms with Crippen LogP contribution in [-0.4, -0.2) is 19.7 Å². The van der Waals surface area contributed by atoms with Crippen molar-refractivity contribution in [3.8, 4) is 0 Å². The molecule has 0 aliphatic heterocycles. The van der Waals surface area contributed by atoms with Crippen LogP contribution in [-0.2, 0) is 0 Å². The molecule has 4 nitrogen and oxygen atoms in total. The van der Waals surface area contributed by atoms with Crippen LogP contribution in [0.5, 0.6) is 0 Å². The Morgan fingerprint density at radius 2 is 2.27 bits per heavy atom. The van der Waals surface area contributed by atoms with Crippen LogP contribution >= 0.6 is 0 Å². The second-order valence-corrected chi connectivity index (χ2v) is 4.18. The van der Waals surface area contributed by atoms with E-state index in [1.165, 1.54) is 12.8 Å². The summed E-state index contributed by atoms with van der Waals surface area (Å²) >= 11 is 0. The minimum absolute atomic E-state index is 0.531. The molecule has 1 N–H and O–H groups in total. The highest BCUT2D eigenvalue weighted by Gasteiger charge is 2.25. The molecule has 78 valence electrons. The van der Waals surface area contributed by atoms with Crippen molar-refractivity contribution in [2.45, 2.75) is 31.8 Å². The molecule has 1 atom stereocenters. The van der Waals surface area contributed by atoms with Crippen LogP contribution in [0.3, 0.4) is 0 Å². The number of hydrogen-bond donors (Lipinski definition) is 1. The Morgan fingerprint density at radius 1 is 1.47 bits per heavy atom. The summed E-state index contributed by atoms with van der Waals surface area (Å²) in [6.07, 6.45) is 3.76. The molecule has 2 aromatic heterocycles. The molecule has 1 fully saturated rings. The van der Waals surface area contributed by atoms with Crippen LogP contribution in [0.1, 0.15) is 43.2 Å². The Labute approximate surface area is 87.6 Å². The Morgan fingerprint density at radius 3 is 2.93 bits per heavy atom. The maximum atomic E-state index is 9.41. The van der Waals surface area contributed by atoms with Crippen molar-refractivity contribution in [2.75, 3.05) is 0 Å². The van der Waals surface area contributed by atoms with Crippen molar-refractivity contribution in [2.24, 2.45) is 0 Å². The van der Waals surface area contributed by atoms with Gasteiger partial charge in [-0.05, 0) is 31.9 Å². The highest BCUT2D eigenvalue weighted by molar-refractivity contribution is 5.39. The number of fused-ring (bicyclic) bond motifs is 1. The van der Waals surface area contributed by atoms with Gasteiger partial charge in [-0.15, -0.1) is 0 Å². The summed E-state index contributed by atoms with van der Waals surface area (Å²) in [6.45, 7) is 1.71. The molecule has 1 aliphatic rings. The van der Waals surface area contributed by atoms with Gasteiger partial charge in [-0.25, -0.2) is 9.50 Å². The van der Waals surface area contributed by atoms with E-state index in [0.717, 1.165) is 11.3 Å². The monoisotopic (exact) mass is 203 g/mol. The molecular weight excluding hydrogens is 190 g/mol. The van der Waals surface area contributed by atoms with Gasteiger partial charge in [0.1, 0.15) is 0 Å². The van der Waals surface area contributed by atoms with Gasteiger partial charge in [0.15, 0.2) is 5.65 Å². The minimum Gasteiger partial charge on any atom is -0.387 e. The maximum absolute atomic E-state index is 9.41. The van der Waals surface area contributed by atoms with E-state index < -0.39 is 6.10 Å². The van der Waals surface area contributed by atoms with Crippen LogP contribution in [0.2, 0.25) is 0 Å². The molecular formula is C11H13N3O. The average Bonchev–Trinajstić information content (AvgIpc) is 2.96. The average molecular weight is 203 g/mol. The summed E-state index contributed by atoms with van der Waals surface area (Å²) in [7, 11) is 0. The molecule has 0 aromatic carbocycles. The highest BCUT2D eigenvalue weighted by Crippen LogP contribution is 2.38. The van der Waals surface area contributed by atoms with Crippen molar-refractivity contribution in [1.82, 2.24) is 14.6 Å². The van der Waals surface area contributed by atoms with E-state index in [1.807, 2.05) is 12.1 Å². The van der Waals surface area contributed by atoms with Crippen LogP contribution in [0.25, 0.3) is 5.65 Å². The van der Waals surface area contributed by atoms with Crippen LogP contribution in [0.15, 0.2) is 18.3 Å². The van der Waals surface area contributed by atoms with Crippen LogP contribution < -0.4 is 0 Å². The van der Waals surface area contributed by atoms with E-state index in [0.29, 0.717) is 11.6 Å². The van der Waals surface area contributed by atoms with Gasteiger partial charge in [-0.2, -0.15) is 5.10 Å². The van der Waals surface area contributed by atoms with Gasteiger partial charge in [0, 0.05) is 5.92 Å². The molecule has 1 aliphatic carbocycles. The lowest BCUT2D eigenvalue weighted by atomic mass is 10.3. The fourth-order valence-corrected chi connectivity index (χ4v) is 1.71. The predicted octanol–water partition coefficient (Wildman–Crippen LogP) is 1.66. The Balaban J connectivity index is 2.09. The molecule has 0 amide bonds. The summed E-state index contributed by atoms with van der Waals surface area (Å²) in [6, 6.07) is 4.00. The summed E-state index contributed by atoms with van der Waals surface area (Å²) in [5.74, 6) is 0.645. The molecule has 15 heavy (non-hydrogen) atoms. The molecule has 0 saturated heterocycles. The first-order valence-electron chi connectivity index (χ1n) is 5.28. The summed E-state index contributed by atoms with van der Waals surface area (Å²) < 4.78 is 1.76. The number of aliphatic hydroxyl groups is 1. The molecule has 0 spiro atoms. The van der Waals surface area contributed by atoms with Gasteiger partial charge in [0.05, 0.1) is 23.7 Å². The number of aliphatic hydroxyl groups excluding tert-OH is 1. The van der Waals surface area contributed by atoms with Gasteiger partial charge < -0.3 is 5.11 Å². The Kier molecular flexibility index (Phi) is 1.79. The summed E-state index contributed by atoms with van der Waals surface area (Å²) in [5.41, 5.74) is 2.61. The van der Waals surface area contributed by atoms with E-state index >= 15 is 0 Å². The largest absolute Gasteiger partial charge is 0.387 e. The van der Waals surface area contributed by atoms with E-state index in [4.69, 9.17) is 0 Å². The van der Waals surface area contributed by atoms with Crippen LogP contribution in [0, 0.1) is 0 Å². The van der Waals surface area contributed by atoms with Gasteiger partial charge in [0.25, 0.3) is 0 Å². The van der Waals surface area contributed by atoms with Crippen molar-refractivity contribution in [3.05, 3.63) is 29.7 Å². The lowest BCUT2D eigenvalue weighted by Gasteiger charge is -1.96. The Hall–Kier alpha value is -1.42. The molecule has 1 unspecified atom stereocenters. The maximum Gasteiger partial charge on any atom is 0.153 e. The number of nitrogens with zero attached hydrogens (tertiary/aromatic N) is 3. The van der Waals surface area contributed by atoms with Crippen molar-refractivity contribution in [3.63, 3.8) is 0 Å². The standard InChI is InChI=1S/C11H13N3O/c1-7(15)10-6-14-11(12-10)5-4-9(13-14)8-2-3-8/h4-8,15H,2-3H2,1H3. The van der Waals surface area contributed by atoms with Crippen molar-refractivity contribution in [1.29, 1.82) is 0 Å². The summed E-state index contributed by atoms with van der Waals surface area (Å²) in [5, 5.41) is 13.9. The van der Waals surface area contributed by atoms with Gasteiger partial charge in [-0.1, -0.05) is 0 Å². The zero-order chi connectivity index (χ0) is 10.4. The lowest BCUT2D eigenvalue weighted by Crippen LogP contribution is -1.94. The zero-order valence-corrected chi connectivity index (χ0v) is 8.59. The molecule has 0 radical (unpaired) electrons. The molecule has 2 heterocycles. The number of rotatable bonds is 2. The number of hydrogen-bond acceptors (Lipinski definition) is 3. The molecule has 0 bridgehead atoms. The third-order valence-electron chi connectivity index (χ3n) is 2.78. The zero-order valence-electron chi connectivity index (χ0n) is 8.59. The molecule has 2 aromatic rings. The molecule has 1 saturated carbocycles. The van der Waals surface area contributed by atoms with Gasteiger partial charge in [0.2, 0.25) is 0 Å². The topological polar surface area (TPSA) is 50.4 Å². The van der Waals surface area contributed by atoms with Crippen LogP contribution in [0.4, 0.5) is 0 Å². The SMILES string of the molecule is CC(O)c1cn2nc(C3CC3)ccc2n1. The third kappa shape index (κ3) is 1.51. The Bertz CT molecular complexity index is 500. The van der Waals surface area contributed by atoms with Gasteiger partial charge in [-0.3, -0.25) is 0 Å². The lowest BCUT2D eigenvalue weighted by molar-refractivity contribution is 0.195. The molecule has 4 heteroatoms. The first-order valence-corrected chi connectivity index (χ1v) is 5.28. The normalized spacial score (nSPS) is 18.3. The van der Waals surface area contributed by atoms with Crippen molar-refractivity contribution >= 4 is 5.65 Å². The van der Waals surface area contributed by atoms with Crippen molar-refractivity contribution < 1.29 is 5.11 Å². The predicted molar refractivity (Wildman–Crippen MR) is 55.6 cm³/mol. The second kappa shape index (κ2) is 3.03. The highest BCUT2D eigenvalue weighted by atomic mass is 16.3. The first-order chi connectivity index (χ1) is 7.24. The third-order valence-corrected chi connectivity index (χ3v) is 2.78. The summed E-state index contributed by atoms with van der Waals surface area (Å²) in [4.78, 5) is 4.28. The first kappa shape index (κ1) is 8.85. The fourth-order valence-electron chi connectivity index (χ4n) is 1.71. The smallest absolute Gasteiger partial charge is 0.153 e. The number of imidazole rings is 1. The van der Waals surface area contributed by atoms with E-state index in [9.17, 15) is 5.11 Å². The van der Waals surface area contributed by atoms with Gasteiger partial charge >= 0.3 is 0 Å². The minimum atomic E-state index is -0.531. The van der Waals surface area contributed by atoms with E-state index in [1.54, 1.807) is 17.6 Å². The fraction of sp³-hybridized carbons (Fsp3) is 0.455. The van der Waals surface area contributed by atoms with E-state index in [2.05, 4.69) is 10.1 Å². The molecule has 3 rings (SSSR count).